The van der Waals surface area contributed by atoms with E-state index in [0.717, 1.165) is 22.0 Å². The van der Waals surface area contributed by atoms with E-state index in [9.17, 15) is 4.79 Å². The van der Waals surface area contributed by atoms with Gasteiger partial charge in [-0.2, -0.15) is 0 Å². The predicted octanol–water partition coefficient (Wildman–Crippen LogP) is 2.10. The van der Waals surface area contributed by atoms with Crippen molar-refractivity contribution in [2.45, 2.75) is 19.8 Å². The minimum absolute atomic E-state index is 0.0338. The van der Waals surface area contributed by atoms with Crippen molar-refractivity contribution in [3.8, 4) is 0 Å². The fourth-order valence-electron chi connectivity index (χ4n) is 1.72. The molecule has 0 heterocycles. The molecule has 0 bridgehead atoms. The van der Waals surface area contributed by atoms with Crippen LogP contribution in [0.3, 0.4) is 0 Å². The highest BCUT2D eigenvalue weighted by atomic mass is 127. The molecule has 1 aromatic rings. The van der Waals surface area contributed by atoms with Crippen LogP contribution in [0.2, 0.25) is 0 Å². The number of carbonyl (C=O) groups excluding carboxylic acids is 1. The summed E-state index contributed by atoms with van der Waals surface area (Å²) in [5, 5.41) is 12.1. The van der Waals surface area contributed by atoms with Gasteiger partial charge in [-0.1, -0.05) is 0 Å². The first-order valence-corrected chi connectivity index (χ1v) is 6.79. The van der Waals surface area contributed by atoms with Crippen LogP contribution in [-0.4, -0.2) is 24.2 Å². The summed E-state index contributed by atoms with van der Waals surface area (Å²) in [6.45, 7) is 2.74. The fourth-order valence-corrected chi connectivity index (χ4v) is 2.06. The van der Waals surface area contributed by atoms with Crippen molar-refractivity contribution < 1.29 is 9.90 Å². The molecule has 1 aliphatic rings. The molecule has 0 spiro atoms. The lowest BCUT2D eigenvalue weighted by Gasteiger charge is -2.13. The van der Waals surface area contributed by atoms with E-state index >= 15 is 0 Å². The first-order valence-electron chi connectivity index (χ1n) is 5.72. The molecule has 0 saturated heterocycles. The highest BCUT2D eigenvalue weighted by Crippen LogP contribution is 2.44. The van der Waals surface area contributed by atoms with Crippen molar-refractivity contribution >= 4 is 28.5 Å². The van der Waals surface area contributed by atoms with Crippen LogP contribution in [0, 0.1) is 15.9 Å². The van der Waals surface area contributed by atoms with Crippen LogP contribution in [0.1, 0.15) is 28.8 Å². The Morgan fingerprint density at radius 2 is 2.24 bits per heavy atom. The Labute approximate surface area is 115 Å². The SMILES string of the molecule is Cc1cc(C(=O)NCC2(CO)CC2)ccc1I. The van der Waals surface area contributed by atoms with Gasteiger partial charge < -0.3 is 10.4 Å². The molecular weight excluding hydrogens is 329 g/mol. The van der Waals surface area contributed by atoms with Crippen LogP contribution in [0.4, 0.5) is 0 Å². The molecule has 3 nitrogen and oxygen atoms in total. The predicted molar refractivity (Wildman–Crippen MR) is 75.0 cm³/mol. The van der Waals surface area contributed by atoms with Gasteiger partial charge in [-0.15, -0.1) is 0 Å². The molecule has 1 fully saturated rings. The number of amides is 1. The number of carbonyl (C=O) groups is 1. The summed E-state index contributed by atoms with van der Waals surface area (Å²) in [5.74, 6) is -0.0516. The van der Waals surface area contributed by atoms with Crippen LogP contribution < -0.4 is 5.32 Å². The maximum absolute atomic E-state index is 11.9. The minimum atomic E-state index is -0.0516. The third kappa shape index (κ3) is 2.98. The number of hydrogen-bond acceptors (Lipinski definition) is 2. The van der Waals surface area contributed by atoms with Crippen LogP contribution in [0.25, 0.3) is 0 Å². The second-order valence-corrected chi connectivity index (χ2v) is 5.97. The van der Waals surface area contributed by atoms with Crippen molar-refractivity contribution in [3.63, 3.8) is 0 Å². The summed E-state index contributed by atoms with van der Waals surface area (Å²) in [7, 11) is 0. The van der Waals surface area contributed by atoms with Gasteiger partial charge in [-0.05, 0) is 66.1 Å². The smallest absolute Gasteiger partial charge is 0.251 e. The third-order valence-electron chi connectivity index (χ3n) is 3.34. The van der Waals surface area contributed by atoms with E-state index in [-0.39, 0.29) is 17.9 Å². The molecule has 1 amide bonds. The molecule has 1 saturated carbocycles. The third-order valence-corrected chi connectivity index (χ3v) is 4.55. The van der Waals surface area contributed by atoms with Gasteiger partial charge in [0.2, 0.25) is 0 Å². The number of aryl methyl sites for hydroxylation is 1. The zero-order valence-electron chi connectivity index (χ0n) is 9.79. The monoisotopic (exact) mass is 345 g/mol. The van der Waals surface area contributed by atoms with Gasteiger partial charge in [0.1, 0.15) is 0 Å². The van der Waals surface area contributed by atoms with Gasteiger partial charge in [0.15, 0.2) is 0 Å². The van der Waals surface area contributed by atoms with Gasteiger partial charge >= 0.3 is 0 Å². The Morgan fingerprint density at radius 3 is 2.76 bits per heavy atom. The summed E-state index contributed by atoms with van der Waals surface area (Å²) in [5.41, 5.74) is 1.77. The summed E-state index contributed by atoms with van der Waals surface area (Å²) >= 11 is 2.25. The zero-order valence-corrected chi connectivity index (χ0v) is 12.0. The van der Waals surface area contributed by atoms with Crippen molar-refractivity contribution in [2.75, 3.05) is 13.2 Å². The molecule has 4 heteroatoms. The lowest BCUT2D eigenvalue weighted by Crippen LogP contribution is -2.31. The van der Waals surface area contributed by atoms with E-state index in [1.54, 1.807) is 0 Å². The number of nitrogens with one attached hydrogen (secondary N) is 1. The van der Waals surface area contributed by atoms with Crippen LogP contribution >= 0.6 is 22.6 Å². The molecule has 1 aliphatic carbocycles. The van der Waals surface area contributed by atoms with Gasteiger partial charge in [-0.3, -0.25) is 4.79 Å². The Balaban J connectivity index is 1.97. The van der Waals surface area contributed by atoms with E-state index in [1.165, 1.54) is 0 Å². The van der Waals surface area contributed by atoms with Crippen LogP contribution in [0.15, 0.2) is 18.2 Å². The van der Waals surface area contributed by atoms with Crippen molar-refractivity contribution in [2.24, 2.45) is 5.41 Å². The van der Waals surface area contributed by atoms with Crippen LogP contribution in [0.5, 0.6) is 0 Å². The molecule has 17 heavy (non-hydrogen) atoms. The van der Waals surface area contributed by atoms with E-state index in [2.05, 4.69) is 27.9 Å². The van der Waals surface area contributed by atoms with E-state index in [0.29, 0.717) is 12.1 Å². The molecular formula is C13H16INO2. The number of aliphatic hydroxyl groups is 1. The van der Waals surface area contributed by atoms with E-state index in [1.807, 2.05) is 25.1 Å². The summed E-state index contributed by atoms with van der Waals surface area (Å²) in [4.78, 5) is 11.9. The van der Waals surface area contributed by atoms with E-state index in [4.69, 9.17) is 5.11 Å². The molecule has 0 radical (unpaired) electrons. The molecule has 92 valence electrons. The standard InChI is InChI=1S/C13H16INO2/c1-9-6-10(2-3-11(9)14)12(17)15-7-13(8-16)4-5-13/h2-3,6,16H,4-5,7-8H2,1H3,(H,15,17). The number of rotatable bonds is 4. The normalized spacial score (nSPS) is 16.6. The van der Waals surface area contributed by atoms with Crippen molar-refractivity contribution in [3.05, 3.63) is 32.9 Å². The lowest BCUT2D eigenvalue weighted by atomic mass is 10.1. The number of halogens is 1. The van der Waals surface area contributed by atoms with Crippen LogP contribution in [-0.2, 0) is 0 Å². The Bertz CT molecular complexity index is 441. The second kappa shape index (κ2) is 4.94. The first kappa shape index (κ1) is 12.8. The maximum Gasteiger partial charge on any atom is 0.251 e. The number of hydrogen-bond donors (Lipinski definition) is 2. The Kier molecular flexibility index (Phi) is 3.73. The van der Waals surface area contributed by atoms with Gasteiger partial charge in [0.25, 0.3) is 5.91 Å². The molecule has 0 atom stereocenters. The summed E-state index contributed by atoms with van der Waals surface area (Å²) in [6.07, 6.45) is 2.02. The quantitative estimate of drug-likeness (QED) is 0.822. The topological polar surface area (TPSA) is 49.3 Å². The average Bonchev–Trinajstić information content (AvgIpc) is 3.10. The van der Waals surface area contributed by atoms with Gasteiger partial charge in [0, 0.05) is 21.1 Å². The molecule has 0 unspecified atom stereocenters. The highest BCUT2D eigenvalue weighted by molar-refractivity contribution is 14.1. The molecule has 0 aliphatic heterocycles. The highest BCUT2D eigenvalue weighted by Gasteiger charge is 2.42. The number of benzene rings is 1. The Hall–Kier alpha value is -0.620. The fraction of sp³-hybridized carbons (Fsp3) is 0.462. The second-order valence-electron chi connectivity index (χ2n) is 4.80. The van der Waals surface area contributed by atoms with Gasteiger partial charge in [0.05, 0.1) is 6.61 Å². The number of aliphatic hydroxyl groups excluding tert-OH is 1. The Morgan fingerprint density at radius 1 is 1.53 bits per heavy atom. The largest absolute Gasteiger partial charge is 0.396 e. The maximum atomic E-state index is 11.9. The lowest BCUT2D eigenvalue weighted by molar-refractivity contribution is 0.0935. The first-order chi connectivity index (χ1) is 8.06. The van der Waals surface area contributed by atoms with Crippen molar-refractivity contribution in [1.29, 1.82) is 0 Å². The van der Waals surface area contributed by atoms with Crippen molar-refractivity contribution in [1.82, 2.24) is 5.32 Å². The van der Waals surface area contributed by atoms with E-state index < -0.39 is 0 Å². The summed E-state index contributed by atoms with van der Waals surface area (Å²) in [6, 6.07) is 5.68. The molecule has 2 rings (SSSR count). The molecule has 2 N–H and O–H groups in total. The molecule has 0 aromatic heterocycles. The zero-order chi connectivity index (χ0) is 12.5. The molecule has 1 aromatic carbocycles. The average molecular weight is 345 g/mol. The van der Waals surface area contributed by atoms with Gasteiger partial charge in [-0.25, -0.2) is 0 Å². The summed E-state index contributed by atoms with van der Waals surface area (Å²) < 4.78 is 1.16. The minimum Gasteiger partial charge on any atom is -0.396 e.